The summed E-state index contributed by atoms with van der Waals surface area (Å²) in [6.07, 6.45) is 4.84. The number of methoxy groups -OCH3 is 1. The lowest BCUT2D eigenvalue weighted by molar-refractivity contribution is 0.185. The van der Waals surface area contributed by atoms with Crippen LogP contribution < -0.4 is 4.72 Å². The van der Waals surface area contributed by atoms with Crippen molar-refractivity contribution in [2.24, 2.45) is 0 Å². The predicted molar refractivity (Wildman–Crippen MR) is 118 cm³/mol. The Labute approximate surface area is 180 Å². The second-order valence-electron chi connectivity index (χ2n) is 7.40. The first-order chi connectivity index (χ1) is 14.9. The van der Waals surface area contributed by atoms with E-state index in [0.29, 0.717) is 36.1 Å². The number of sulfonamides is 1. The summed E-state index contributed by atoms with van der Waals surface area (Å²) in [4.78, 5) is 4.35. The number of ether oxygens (including phenoxy) is 1. The van der Waals surface area contributed by atoms with E-state index in [2.05, 4.69) is 33.8 Å². The number of benzene rings is 1. The number of para-hydroxylation sites is 1. The fourth-order valence-corrected chi connectivity index (χ4v) is 4.23. The van der Waals surface area contributed by atoms with Crippen LogP contribution in [-0.4, -0.2) is 46.7 Å². The van der Waals surface area contributed by atoms with E-state index in [0.717, 1.165) is 11.1 Å². The second-order valence-corrected chi connectivity index (χ2v) is 9.08. The van der Waals surface area contributed by atoms with Crippen molar-refractivity contribution in [2.45, 2.75) is 31.2 Å². The highest BCUT2D eigenvalue weighted by atomic mass is 32.2. The van der Waals surface area contributed by atoms with Crippen LogP contribution in [0.5, 0.6) is 0 Å². The third kappa shape index (κ3) is 4.30. The van der Waals surface area contributed by atoms with E-state index in [4.69, 9.17) is 4.74 Å². The monoisotopic (exact) mass is 440 g/mol. The molecule has 0 bridgehead atoms. The summed E-state index contributed by atoms with van der Waals surface area (Å²) < 4.78 is 37.2. The number of aromatic nitrogens is 5. The largest absolute Gasteiger partial charge is 0.383 e. The maximum absolute atomic E-state index is 13.0. The van der Waals surface area contributed by atoms with Gasteiger partial charge in [0.25, 0.3) is 10.0 Å². The maximum Gasteiger partial charge on any atom is 0.263 e. The smallest absolute Gasteiger partial charge is 0.263 e. The quantitative estimate of drug-likeness (QED) is 0.451. The molecular formula is C21H24N6O3S. The van der Waals surface area contributed by atoms with Gasteiger partial charge in [0.1, 0.15) is 4.90 Å². The average molecular weight is 441 g/mol. The molecule has 0 atom stereocenters. The Hall–Kier alpha value is -3.24. The zero-order valence-electron chi connectivity index (χ0n) is 17.6. The van der Waals surface area contributed by atoms with E-state index in [-0.39, 0.29) is 4.90 Å². The van der Waals surface area contributed by atoms with Gasteiger partial charge in [0, 0.05) is 24.9 Å². The van der Waals surface area contributed by atoms with Crippen molar-refractivity contribution in [3.05, 3.63) is 60.7 Å². The molecule has 0 saturated carbocycles. The molecule has 0 unspecified atom stereocenters. The minimum atomic E-state index is -3.84. The van der Waals surface area contributed by atoms with Crippen LogP contribution in [0.15, 0.2) is 59.9 Å². The molecule has 0 aliphatic rings. The Bertz CT molecular complexity index is 1290. The van der Waals surface area contributed by atoms with Gasteiger partial charge in [0.15, 0.2) is 5.82 Å². The summed E-state index contributed by atoms with van der Waals surface area (Å²) in [7, 11) is -2.23. The van der Waals surface area contributed by atoms with Gasteiger partial charge in [0.2, 0.25) is 0 Å². The lowest BCUT2D eigenvalue weighted by atomic mass is 10.1. The van der Waals surface area contributed by atoms with E-state index in [1.807, 2.05) is 18.3 Å². The molecule has 4 aromatic rings. The van der Waals surface area contributed by atoms with Crippen LogP contribution in [0.2, 0.25) is 0 Å². The normalized spacial score (nSPS) is 12.0. The molecule has 31 heavy (non-hydrogen) atoms. The third-order valence-electron chi connectivity index (χ3n) is 4.88. The molecule has 4 rings (SSSR count). The molecule has 1 N–H and O–H groups in total. The number of fused-ring (bicyclic) bond motifs is 1. The van der Waals surface area contributed by atoms with Crippen molar-refractivity contribution in [1.82, 2.24) is 24.5 Å². The molecule has 9 nitrogen and oxygen atoms in total. The zero-order chi connectivity index (χ0) is 22.0. The Balaban J connectivity index is 1.61. The molecule has 0 aliphatic carbocycles. The standard InChI is InChI=1S/C21H24N6O3S/c1-15(2)18-9-10-26(24-18)20-8-7-17(14-22-20)31(28,29)25-19-6-4-5-16-13-23-27(21(16)19)11-12-30-3/h4-10,13-15,25H,11-12H2,1-3H3. The van der Waals surface area contributed by atoms with E-state index in [9.17, 15) is 8.42 Å². The highest BCUT2D eigenvalue weighted by molar-refractivity contribution is 7.92. The first kappa shape index (κ1) is 21.0. The van der Waals surface area contributed by atoms with Crippen molar-refractivity contribution >= 4 is 26.6 Å². The summed E-state index contributed by atoms with van der Waals surface area (Å²) in [5.74, 6) is 0.843. The Morgan fingerprint density at radius 1 is 1.13 bits per heavy atom. The molecule has 0 radical (unpaired) electrons. The molecule has 162 valence electrons. The number of nitrogens with zero attached hydrogens (tertiary/aromatic N) is 5. The molecule has 0 aliphatic heterocycles. The lowest BCUT2D eigenvalue weighted by Gasteiger charge is -2.11. The summed E-state index contributed by atoms with van der Waals surface area (Å²) >= 11 is 0. The van der Waals surface area contributed by atoms with Crippen LogP contribution in [0, 0.1) is 0 Å². The van der Waals surface area contributed by atoms with Gasteiger partial charge in [-0.05, 0) is 30.2 Å². The molecule has 0 fully saturated rings. The van der Waals surface area contributed by atoms with Gasteiger partial charge in [-0.1, -0.05) is 26.0 Å². The molecule has 3 heterocycles. The number of hydrogen-bond donors (Lipinski definition) is 1. The first-order valence-corrected chi connectivity index (χ1v) is 11.4. The number of rotatable bonds is 8. The predicted octanol–water partition coefficient (Wildman–Crippen LogP) is 3.19. The number of pyridine rings is 1. The summed E-state index contributed by atoms with van der Waals surface area (Å²) in [5.41, 5.74) is 2.09. The maximum atomic E-state index is 13.0. The van der Waals surface area contributed by atoms with Crippen LogP contribution in [0.1, 0.15) is 25.5 Å². The van der Waals surface area contributed by atoms with E-state index in [1.54, 1.807) is 40.9 Å². The Morgan fingerprint density at radius 3 is 2.65 bits per heavy atom. The van der Waals surface area contributed by atoms with Crippen molar-refractivity contribution in [3.8, 4) is 5.82 Å². The van der Waals surface area contributed by atoms with Crippen molar-refractivity contribution in [2.75, 3.05) is 18.4 Å². The molecular weight excluding hydrogens is 416 g/mol. The molecule has 0 saturated heterocycles. The van der Waals surface area contributed by atoms with E-state index >= 15 is 0 Å². The van der Waals surface area contributed by atoms with Crippen molar-refractivity contribution in [3.63, 3.8) is 0 Å². The van der Waals surface area contributed by atoms with Crippen LogP contribution >= 0.6 is 0 Å². The van der Waals surface area contributed by atoms with Crippen LogP contribution in [-0.2, 0) is 21.3 Å². The van der Waals surface area contributed by atoms with Crippen LogP contribution in [0.3, 0.4) is 0 Å². The lowest BCUT2D eigenvalue weighted by Crippen LogP contribution is -2.15. The van der Waals surface area contributed by atoms with Gasteiger partial charge < -0.3 is 4.74 Å². The van der Waals surface area contributed by atoms with Gasteiger partial charge in [-0.25, -0.2) is 18.1 Å². The SMILES string of the molecule is COCCn1ncc2cccc(NS(=O)(=O)c3ccc(-n4ccc(C(C)C)n4)nc3)c21. The molecule has 10 heteroatoms. The van der Waals surface area contributed by atoms with Crippen molar-refractivity contribution in [1.29, 1.82) is 0 Å². The molecule has 3 aromatic heterocycles. The summed E-state index contributed by atoms with van der Waals surface area (Å²) in [6, 6.07) is 10.5. The Morgan fingerprint density at radius 2 is 1.97 bits per heavy atom. The average Bonchev–Trinajstić information content (AvgIpc) is 3.40. The van der Waals surface area contributed by atoms with Gasteiger partial charge in [-0.2, -0.15) is 10.2 Å². The number of hydrogen-bond acceptors (Lipinski definition) is 6. The van der Waals surface area contributed by atoms with Crippen LogP contribution in [0.4, 0.5) is 5.69 Å². The minimum Gasteiger partial charge on any atom is -0.383 e. The number of nitrogens with one attached hydrogen (secondary N) is 1. The van der Waals surface area contributed by atoms with Gasteiger partial charge in [-0.15, -0.1) is 0 Å². The van der Waals surface area contributed by atoms with Gasteiger partial charge >= 0.3 is 0 Å². The topological polar surface area (TPSA) is 104 Å². The first-order valence-electron chi connectivity index (χ1n) is 9.87. The molecule has 0 amide bonds. The van der Waals surface area contributed by atoms with Crippen molar-refractivity contribution < 1.29 is 13.2 Å². The number of anilines is 1. The Kier molecular flexibility index (Phi) is 5.75. The van der Waals surface area contributed by atoms with Gasteiger partial charge in [-0.3, -0.25) is 9.40 Å². The zero-order valence-corrected chi connectivity index (χ0v) is 18.4. The molecule has 1 aromatic carbocycles. The van der Waals surface area contributed by atoms with E-state index < -0.39 is 10.0 Å². The highest BCUT2D eigenvalue weighted by Gasteiger charge is 2.18. The highest BCUT2D eigenvalue weighted by Crippen LogP contribution is 2.26. The fraction of sp³-hybridized carbons (Fsp3) is 0.286. The fourth-order valence-electron chi connectivity index (χ4n) is 3.22. The molecule has 0 spiro atoms. The minimum absolute atomic E-state index is 0.0625. The summed E-state index contributed by atoms with van der Waals surface area (Å²) in [6.45, 7) is 5.10. The van der Waals surface area contributed by atoms with Crippen LogP contribution in [0.25, 0.3) is 16.7 Å². The second kappa shape index (κ2) is 8.48. The third-order valence-corrected chi connectivity index (χ3v) is 6.23. The summed E-state index contributed by atoms with van der Waals surface area (Å²) in [5, 5.41) is 9.64. The van der Waals surface area contributed by atoms with E-state index in [1.165, 1.54) is 12.3 Å². The van der Waals surface area contributed by atoms with Gasteiger partial charge in [0.05, 0.1) is 36.2 Å².